The summed E-state index contributed by atoms with van der Waals surface area (Å²) in [4.78, 5) is 4.39. The summed E-state index contributed by atoms with van der Waals surface area (Å²) in [6.07, 6.45) is 0. The second-order valence-electron chi connectivity index (χ2n) is 4.62. The van der Waals surface area contributed by atoms with Gasteiger partial charge in [0.25, 0.3) is 0 Å². The van der Waals surface area contributed by atoms with Crippen LogP contribution in [-0.4, -0.2) is 21.2 Å². The lowest BCUT2D eigenvalue weighted by Gasteiger charge is -2.03. The van der Waals surface area contributed by atoms with Crippen molar-refractivity contribution in [1.82, 2.24) is 20.5 Å². The summed E-state index contributed by atoms with van der Waals surface area (Å²) in [6, 6.07) is 4.30. The van der Waals surface area contributed by atoms with Crippen LogP contribution < -0.4 is 5.32 Å². The molecule has 2 aromatic heterocycles. The van der Waals surface area contributed by atoms with Gasteiger partial charge in [0.1, 0.15) is 0 Å². The maximum Gasteiger partial charge on any atom is 0.249 e. The van der Waals surface area contributed by atoms with E-state index >= 15 is 0 Å². The van der Waals surface area contributed by atoms with E-state index in [1.54, 1.807) is 0 Å². The molecule has 0 saturated carbocycles. The van der Waals surface area contributed by atoms with Crippen LogP contribution in [0.3, 0.4) is 0 Å². The summed E-state index contributed by atoms with van der Waals surface area (Å²) in [7, 11) is 0. The molecule has 0 aromatic carbocycles. The third-order valence-corrected chi connectivity index (χ3v) is 2.58. The van der Waals surface area contributed by atoms with E-state index in [1.807, 2.05) is 26.0 Å². The molecule has 1 N–H and O–H groups in total. The second kappa shape index (κ2) is 5.27. The molecule has 2 rings (SSSR count). The maximum absolute atomic E-state index is 5.62. The summed E-state index contributed by atoms with van der Waals surface area (Å²) in [5.74, 6) is 1.12. The molecule has 5 heteroatoms. The first-order chi connectivity index (χ1) is 8.56. The number of nitrogens with one attached hydrogen (secondary N) is 1. The van der Waals surface area contributed by atoms with Gasteiger partial charge in [-0.1, -0.05) is 13.8 Å². The molecule has 0 spiro atoms. The van der Waals surface area contributed by atoms with Crippen molar-refractivity contribution in [3.8, 4) is 11.5 Å². The lowest BCUT2D eigenvalue weighted by molar-refractivity contribution is 0.458. The Kier molecular flexibility index (Phi) is 3.72. The van der Waals surface area contributed by atoms with Crippen LogP contribution in [0.15, 0.2) is 16.5 Å². The number of rotatable bonds is 4. The molecule has 0 saturated heterocycles. The predicted octanol–water partition coefficient (Wildman–Crippen LogP) is 2.25. The molecule has 0 aliphatic heterocycles. The predicted molar refractivity (Wildman–Crippen MR) is 69.0 cm³/mol. The fourth-order valence-electron chi connectivity index (χ4n) is 1.64. The molecule has 2 heterocycles. The van der Waals surface area contributed by atoms with Crippen LogP contribution in [0.4, 0.5) is 0 Å². The number of hydrogen-bond donors (Lipinski definition) is 1. The number of aromatic nitrogens is 3. The SMILES string of the molecule is Cc1ccc(-c2nnc(CNC(C)C)o2)c(C)n1. The highest BCUT2D eigenvalue weighted by atomic mass is 16.4. The van der Waals surface area contributed by atoms with Crippen molar-refractivity contribution in [3.05, 3.63) is 29.4 Å². The highest BCUT2D eigenvalue weighted by Gasteiger charge is 2.11. The smallest absolute Gasteiger partial charge is 0.249 e. The molecule has 0 fully saturated rings. The first kappa shape index (κ1) is 12.7. The van der Waals surface area contributed by atoms with Gasteiger partial charge in [0.15, 0.2) is 0 Å². The van der Waals surface area contributed by atoms with E-state index in [1.165, 1.54) is 0 Å². The molecule has 0 radical (unpaired) electrons. The van der Waals surface area contributed by atoms with E-state index in [9.17, 15) is 0 Å². The number of nitrogens with zero attached hydrogens (tertiary/aromatic N) is 3. The standard InChI is InChI=1S/C13H18N4O/c1-8(2)14-7-12-16-17-13(18-12)11-6-5-9(3)15-10(11)4/h5-6,8,14H,7H2,1-4H3. The lowest BCUT2D eigenvalue weighted by Crippen LogP contribution is -2.21. The molecule has 2 aromatic rings. The van der Waals surface area contributed by atoms with Crippen LogP contribution in [-0.2, 0) is 6.54 Å². The second-order valence-corrected chi connectivity index (χ2v) is 4.62. The van der Waals surface area contributed by atoms with E-state index in [0.717, 1.165) is 17.0 Å². The van der Waals surface area contributed by atoms with Crippen LogP contribution in [0.5, 0.6) is 0 Å². The molecule has 96 valence electrons. The Morgan fingerprint density at radius 3 is 2.67 bits per heavy atom. The van der Waals surface area contributed by atoms with E-state index < -0.39 is 0 Å². The van der Waals surface area contributed by atoms with Crippen molar-refractivity contribution in [2.24, 2.45) is 0 Å². The molecule has 5 nitrogen and oxygen atoms in total. The van der Waals surface area contributed by atoms with Crippen molar-refractivity contribution in [1.29, 1.82) is 0 Å². The fourth-order valence-corrected chi connectivity index (χ4v) is 1.64. The van der Waals surface area contributed by atoms with Crippen LogP contribution in [0, 0.1) is 13.8 Å². The molecular formula is C13H18N4O. The van der Waals surface area contributed by atoms with Crippen molar-refractivity contribution in [3.63, 3.8) is 0 Å². The van der Waals surface area contributed by atoms with Crippen molar-refractivity contribution in [2.75, 3.05) is 0 Å². The molecule has 0 aliphatic carbocycles. The fraction of sp³-hybridized carbons (Fsp3) is 0.462. The minimum absolute atomic E-state index is 0.392. The Hall–Kier alpha value is -1.75. The van der Waals surface area contributed by atoms with Crippen molar-refractivity contribution in [2.45, 2.75) is 40.3 Å². The van der Waals surface area contributed by atoms with Gasteiger partial charge in [0, 0.05) is 11.7 Å². The van der Waals surface area contributed by atoms with Crippen LogP contribution in [0.25, 0.3) is 11.5 Å². The first-order valence-corrected chi connectivity index (χ1v) is 6.06. The third-order valence-electron chi connectivity index (χ3n) is 2.58. The van der Waals surface area contributed by atoms with Gasteiger partial charge in [-0.05, 0) is 26.0 Å². The molecule has 18 heavy (non-hydrogen) atoms. The molecule has 0 bridgehead atoms. The molecular weight excluding hydrogens is 228 g/mol. The topological polar surface area (TPSA) is 63.8 Å². The zero-order valence-electron chi connectivity index (χ0n) is 11.2. The van der Waals surface area contributed by atoms with Crippen LogP contribution in [0.2, 0.25) is 0 Å². The summed E-state index contributed by atoms with van der Waals surface area (Å²) >= 11 is 0. The quantitative estimate of drug-likeness (QED) is 0.896. The Morgan fingerprint density at radius 2 is 2.00 bits per heavy atom. The average Bonchev–Trinajstić information content (AvgIpc) is 2.75. The molecule has 0 aliphatic rings. The van der Waals surface area contributed by atoms with Gasteiger partial charge in [-0.3, -0.25) is 4.98 Å². The Balaban J connectivity index is 2.18. The zero-order valence-corrected chi connectivity index (χ0v) is 11.2. The Bertz CT molecular complexity index is 534. The Labute approximate surface area is 107 Å². The largest absolute Gasteiger partial charge is 0.419 e. The monoisotopic (exact) mass is 246 g/mol. The minimum Gasteiger partial charge on any atom is -0.419 e. The van der Waals surface area contributed by atoms with Gasteiger partial charge < -0.3 is 9.73 Å². The number of hydrogen-bond acceptors (Lipinski definition) is 5. The Morgan fingerprint density at radius 1 is 1.22 bits per heavy atom. The lowest BCUT2D eigenvalue weighted by atomic mass is 10.2. The van der Waals surface area contributed by atoms with Crippen molar-refractivity contribution < 1.29 is 4.42 Å². The van der Waals surface area contributed by atoms with Crippen molar-refractivity contribution >= 4 is 0 Å². The van der Waals surface area contributed by atoms with E-state index in [4.69, 9.17) is 4.42 Å². The summed E-state index contributed by atoms with van der Waals surface area (Å²) < 4.78 is 5.62. The summed E-state index contributed by atoms with van der Waals surface area (Å²) in [5, 5.41) is 11.3. The van der Waals surface area contributed by atoms with Gasteiger partial charge in [-0.15, -0.1) is 10.2 Å². The highest BCUT2D eigenvalue weighted by molar-refractivity contribution is 5.55. The van der Waals surface area contributed by atoms with E-state index in [2.05, 4.69) is 34.3 Å². The van der Waals surface area contributed by atoms with Gasteiger partial charge in [-0.25, -0.2) is 0 Å². The summed E-state index contributed by atoms with van der Waals surface area (Å²) in [5.41, 5.74) is 2.78. The van der Waals surface area contributed by atoms with Crippen LogP contribution in [0.1, 0.15) is 31.1 Å². The zero-order chi connectivity index (χ0) is 13.1. The normalized spacial score (nSPS) is 11.2. The van der Waals surface area contributed by atoms with E-state index in [0.29, 0.717) is 24.4 Å². The first-order valence-electron chi connectivity index (χ1n) is 6.06. The van der Waals surface area contributed by atoms with Crippen LogP contribution >= 0.6 is 0 Å². The van der Waals surface area contributed by atoms with E-state index in [-0.39, 0.29) is 0 Å². The van der Waals surface area contributed by atoms with Gasteiger partial charge >= 0.3 is 0 Å². The third kappa shape index (κ3) is 2.92. The van der Waals surface area contributed by atoms with Gasteiger partial charge in [0.05, 0.1) is 17.8 Å². The molecule has 0 unspecified atom stereocenters. The number of pyridine rings is 1. The molecule has 0 atom stereocenters. The average molecular weight is 246 g/mol. The molecule has 0 amide bonds. The minimum atomic E-state index is 0.392. The highest BCUT2D eigenvalue weighted by Crippen LogP contribution is 2.20. The number of aryl methyl sites for hydroxylation is 2. The van der Waals surface area contributed by atoms with Gasteiger partial charge in [0.2, 0.25) is 11.8 Å². The summed E-state index contributed by atoms with van der Waals surface area (Å²) in [6.45, 7) is 8.64. The van der Waals surface area contributed by atoms with Gasteiger partial charge in [-0.2, -0.15) is 0 Å². The maximum atomic E-state index is 5.62.